The summed E-state index contributed by atoms with van der Waals surface area (Å²) >= 11 is 1.20. The number of nitrogens with two attached hydrogens (primary N) is 1. The van der Waals surface area contributed by atoms with Crippen molar-refractivity contribution in [2.24, 2.45) is 5.73 Å². The molecule has 0 amide bonds. The quantitative estimate of drug-likeness (QED) is 0.873. The van der Waals surface area contributed by atoms with Gasteiger partial charge in [-0.25, -0.2) is 13.1 Å². The molecule has 3 N–H and O–H groups in total. The van der Waals surface area contributed by atoms with E-state index in [1.54, 1.807) is 19.9 Å². The van der Waals surface area contributed by atoms with Crippen molar-refractivity contribution in [1.82, 2.24) is 9.88 Å². The van der Waals surface area contributed by atoms with Crippen molar-refractivity contribution in [3.05, 3.63) is 33.5 Å². The maximum absolute atomic E-state index is 12.2. The van der Waals surface area contributed by atoms with Crippen molar-refractivity contribution in [2.45, 2.75) is 38.1 Å². The highest BCUT2D eigenvalue weighted by atomic mass is 32.2. The van der Waals surface area contributed by atoms with Crippen molar-refractivity contribution in [2.75, 3.05) is 0 Å². The van der Waals surface area contributed by atoms with Gasteiger partial charge < -0.3 is 10.3 Å². The van der Waals surface area contributed by atoms with E-state index in [0.29, 0.717) is 18.0 Å². The SMILES string of the molecule is Cc1cc(S(=O)(=O)NCc2c(C)noc2C)sc1CN. The van der Waals surface area contributed by atoms with Crippen molar-refractivity contribution < 1.29 is 12.9 Å². The van der Waals surface area contributed by atoms with Crippen LogP contribution in [0.15, 0.2) is 14.8 Å². The molecular weight excluding hydrogens is 298 g/mol. The second kappa shape index (κ2) is 5.65. The summed E-state index contributed by atoms with van der Waals surface area (Å²) in [5, 5.41) is 3.80. The molecule has 0 bridgehead atoms. The number of hydrogen-bond acceptors (Lipinski definition) is 6. The molecule has 0 atom stereocenters. The van der Waals surface area contributed by atoms with E-state index in [2.05, 4.69) is 9.88 Å². The van der Waals surface area contributed by atoms with Gasteiger partial charge in [-0.3, -0.25) is 0 Å². The van der Waals surface area contributed by atoms with Crippen LogP contribution in [0.3, 0.4) is 0 Å². The zero-order valence-electron chi connectivity index (χ0n) is 11.6. The summed E-state index contributed by atoms with van der Waals surface area (Å²) in [5.74, 6) is 0.621. The highest BCUT2D eigenvalue weighted by Crippen LogP contribution is 2.25. The van der Waals surface area contributed by atoms with E-state index >= 15 is 0 Å². The molecule has 0 aliphatic carbocycles. The van der Waals surface area contributed by atoms with Crippen LogP contribution in [0.4, 0.5) is 0 Å². The standard InChI is InChI=1S/C12H17N3O3S2/c1-7-4-12(19-11(7)5-13)20(16,17)14-6-10-8(2)15-18-9(10)3/h4,14H,5-6,13H2,1-3H3. The molecule has 8 heteroatoms. The van der Waals surface area contributed by atoms with Gasteiger partial charge in [0.1, 0.15) is 9.97 Å². The lowest BCUT2D eigenvalue weighted by atomic mass is 10.2. The summed E-state index contributed by atoms with van der Waals surface area (Å²) in [6, 6.07) is 1.64. The molecule has 110 valence electrons. The van der Waals surface area contributed by atoms with Gasteiger partial charge in [-0.05, 0) is 32.4 Å². The molecule has 0 radical (unpaired) electrons. The Balaban J connectivity index is 2.19. The first-order valence-corrected chi connectivity index (χ1v) is 8.36. The average Bonchev–Trinajstić information content (AvgIpc) is 2.92. The van der Waals surface area contributed by atoms with Crippen molar-refractivity contribution >= 4 is 21.4 Å². The summed E-state index contributed by atoms with van der Waals surface area (Å²) in [6.45, 7) is 5.90. The molecule has 0 spiro atoms. The minimum absolute atomic E-state index is 0.165. The van der Waals surface area contributed by atoms with Gasteiger partial charge >= 0.3 is 0 Å². The molecule has 2 heterocycles. The number of aryl methyl sites for hydroxylation is 3. The molecule has 6 nitrogen and oxygen atoms in total. The summed E-state index contributed by atoms with van der Waals surface area (Å²) in [5.41, 5.74) is 7.93. The monoisotopic (exact) mass is 315 g/mol. The molecular formula is C12H17N3O3S2. The largest absolute Gasteiger partial charge is 0.361 e. The molecule has 2 rings (SSSR count). The molecule has 0 saturated carbocycles. The Morgan fingerprint density at radius 3 is 2.60 bits per heavy atom. The third-order valence-corrected chi connectivity index (χ3v) is 6.20. The molecule has 0 unspecified atom stereocenters. The van der Waals surface area contributed by atoms with E-state index in [-0.39, 0.29) is 10.8 Å². The second-order valence-corrected chi connectivity index (χ2v) is 7.63. The highest BCUT2D eigenvalue weighted by Gasteiger charge is 2.20. The molecule has 0 aliphatic heterocycles. The van der Waals surface area contributed by atoms with Gasteiger partial charge in [0.25, 0.3) is 0 Å². The minimum Gasteiger partial charge on any atom is -0.361 e. The lowest BCUT2D eigenvalue weighted by Crippen LogP contribution is -2.22. The minimum atomic E-state index is -3.54. The van der Waals surface area contributed by atoms with E-state index in [1.165, 1.54) is 11.3 Å². The fraction of sp³-hybridized carbons (Fsp3) is 0.417. The molecule has 0 aliphatic rings. The Labute approximate surface area is 122 Å². The topological polar surface area (TPSA) is 98.2 Å². The van der Waals surface area contributed by atoms with Crippen LogP contribution in [-0.4, -0.2) is 13.6 Å². The third kappa shape index (κ3) is 2.93. The van der Waals surface area contributed by atoms with Gasteiger partial charge in [0.15, 0.2) is 0 Å². The number of nitrogens with one attached hydrogen (secondary N) is 1. The fourth-order valence-electron chi connectivity index (χ4n) is 1.82. The molecule has 2 aromatic rings. The maximum atomic E-state index is 12.2. The van der Waals surface area contributed by atoms with Gasteiger partial charge in [-0.2, -0.15) is 0 Å². The van der Waals surface area contributed by atoms with Crippen LogP contribution in [-0.2, 0) is 23.1 Å². The van der Waals surface area contributed by atoms with Gasteiger partial charge in [-0.1, -0.05) is 5.16 Å². The van der Waals surface area contributed by atoms with Crippen LogP contribution < -0.4 is 10.5 Å². The lowest BCUT2D eigenvalue weighted by Gasteiger charge is -2.04. The molecule has 2 aromatic heterocycles. The van der Waals surface area contributed by atoms with Crippen LogP contribution in [0, 0.1) is 20.8 Å². The predicted molar refractivity (Wildman–Crippen MR) is 76.9 cm³/mol. The van der Waals surface area contributed by atoms with Crippen LogP contribution in [0.25, 0.3) is 0 Å². The maximum Gasteiger partial charge on any atom is 0.250 e. The Kier molecular flexibility index (Phi) is 4.28. The first-order valence-electron chi connectivity index (χ1n) is 6.06. The summed E-state index contributed by atoms with van der Waals surface area (Å²) < 4.78 is 32.3. The van der Waals surface area contributed by atoms with Crippen molar-refractivity contribution in [1.29, 1.82) is 0 Å². The van der Waals surface area contributed by atoms with E-state index in [9.17, 15) is 8.42 Å². The molecule has 0 saturated heterocycles. The van der Waals surface area contributed by atoms with E-state index in [4.69, 9.17) is 10.3 Å². The fourth-order valence-corrected chi connectivity index (χ4v) is 4.32. The lowest BCUT2D eigenvalue weighted by molar-refractivity contribution is 0.392. The average molecular weight is 315 g/mol. The van der Waals surface area contributed by atoms with Crippen LogP contribution in [0.5, 0.6) is 0 Å². The number of nitrogens with zero attached hydrogens (tertiary/aromatic N) is 1. The summed E-state index contributed by atoms with van der Waals surface area (Å²) in [7, 11) is -3.54. The number of sulfonamides is 1. The van der Waals surface area contributed by atoms with Gasteiger partial charge in [0.2, 0.25) is 10.0 Å². The van der Waals surface area contributed by atoms with Gasteiger partial charge in [0, 0.05) is 23.5 Å². The Morgan fingerprint density at radius 2 is 2.10 bits per heavy atom. The smallest absolute Gasteiger partial charge is 0.250 e. The summed E-state index contributed by atoms with van der Waals surface area (Å²) in [6.07, 6.45) is 0. The number of aromatic nitrogens is 1. The van der Waals surface area contributed by atoms with E-state index in [0.717, 1.165) is 16.0 Å². The van der Waals surface area contributed by atoms with Crippen LogP contribution in [0.1, 0.15) is 27.5 Å². The van der Waals surface area contributed by atoms with Crippen molar-refractivity contribution in [3.8, 4) is 0 Å². The first-order chi connectivity index (χ1) is 9.35. The normalized spacial score (nSPS) is 12.0. The van der Waals surface area contributed by atoms with Crippen molar-refractivity contribution in [3.63, 3.8) is 0 Å². The Bertz CT molecular complexity index is 697. The van der Waals surface area contributed by atoms with E-state index in [1.807, 2.05) is 6.92 Å². The molecule has 20 heavy (non-hydrogen) atoms. The Hall–Kier alpha value is -1.22. The number of thiophene rings is 1. The molecule has 0 fully saturated rings. The third-order valence-electron chi connectivity index (χ3n) is 3.07. The number of rotatable bonds is 5. The second-order valence-electron chi connectivity index (χ2n) is 4.50. The highest BCUT2D eigenvalue weighted by molar-refractivity contribution is 7.91. The zero-order chi connectivity index (χ0) is 14.9. The molecule has 0 aromatic carbocycles. The van der Waals surface area contributed by atoms with Gasteiger partial charge in [0.05, 0.1) is 5.69 Å². The van der Waals surface area contributed by atoms with Gasteiger partial charge in [-0.15, -0.1) is 11.3 Å². The number of hydrogen-bond donors (Lipinski definition) is 2. The predicted octanol–water partition coefficient (Wildman–Crippen LogP) is 1.60. The van der Waals surface area contributed by atoms with Crippen LogP contribution in [0.2, 0.25) is 0 Å². The summed E-state index contributed by atoms with van der Waals surface area (Å²) in [4.78, 5) is 0.878. The zero-order valence-corrected chi connectivity index (χ0v) is 13.2. The van der Waals surface area contributed by atoms with E-state index < -0.39 is 10.0 Å². The Morgan fingerprint density at radius 1 is 1.40 bits per heavy atom. The van der Waals surface area contributed by atoms with Crippen LogP contribution >= 0.6 is 11.3 Å². The first kappa shape index (κ1) is 15.2.